The lowest BCUT2D eigenvalue weighted by Crippen LogP contribution is -2.47. The van der Waals surface area contributed by atoms with Crippen LogP contribution in [0, 0.1) is 0 Å². The number of sulfone groups is 1. The number of amides is 1. The van der Waals surface area contributed by atoms with Gasteiger partial charge in [-0.05, 0) is 85.9 Å². The number of piperazine rings is 1. The van der Waals surface area contributed by atoms with E-state index >= 15 is 0 Å². The van der Waals surface area contributed by atoms with Crippen molar-refractivity contribution >= 4 is 54.4 Å². The van der Waals surface area contributed by atoms with Gasteiger partial charge in [0.1, 0.15) is 17.1 Å². The molecular weight excluding hydrogens is 582 g/mol. The van der Waals surface area contributed by atoms with Crippen LogP contribution in [0.3, 0.4) is 0 Å². The highest BCUT2D eigenvalue weighted by Crippen LogP contribution is 2.40. The monoisotopic (exact) mass is 617 g/mol. The van der Waals surface area contributed by atoms with Gasteiger partial charge < -0.3 is 24.0 Å². The van der Waals surface area contributed by atoms with E-state index in [-0.39, 0.29) is 18.2 Å². The normalized spacial score (nSPS) is 20.2. The Bertz CT molecular complexity index is 1470. The molecule has 3 aromatic rings. The molecule has 1 saturated heterocycles. The standard InChI is InChI=1S/C28H36BrN5O4S/c1-28(2,3)38-27(35)31(4)20-16-21(17-20)34-18-24(29)23-10-11-25(30-26(23)34)33-14-12-32(13-15-33)19-6-8-22(9-7-19)39(5,36)37/h6-11,18,20-21H,12-17H2,1-5H3/t20-,21-. The molecule has 0 N–H and O–H groups in total. The molecule has 3 heterocycles. The predicted octanol–water partition coefficient (Wildman–Crippen LogP) is 5.10. The van der Waals surface area contributed by atoms with Crippen molar-refractivity contribution in [3.8, 4) is 0 Å². The Kier molecular flexibility index (Phi) is 7.34. The van der Waals surface area contributed by atoms with E-state index in [4.69, 9.17) is 9.72 Å². The molecule has 2 fully saturated rings. The highest BCUT2D eigenvalue weighted by atomic mass is 79.9. The van der Waals surface area contributed by atoms with E-state index in [1.54, 1.807) is 17.0 Å². The maximum absolute atomic E-state index is 12.5. The van der Waals surface area contributed by atoms with Crippen LogP contribution in [0.25, 0.3) is 11.0 Å². The minimum atomic E-state index is -3.20. The minimum Gasteiger partial charge on any atom is -0.444 e. The fourth-order valence-electron chi connectivity index (χ4n) is 5.21. The second-order valence-corrected chi connectivity index (χ2v) is 14.4. The number of pyridine rings is 1. The van der Waals surface area contributed by atoms with Gasteiger partial charge in [-0.25, -0.2) is 18.2 Å². The Balaban J connectivity index is 1.25. The van der Waals surface area contributed by atoms with Gasteiger partial charge in [0, 0.05) is 73.3 Å². The lowest BCUT2D eigenvalue weighted by molar-refractivity contribution is 0.00808. The van der Waals surface area contributed by atoms with E-state index < -0.39 is 15.4 Å². The molecule has 5 rings (SSSR count). The van der Waals surface area contributed by atoms with Crippen LogP contribution in [0.5, 0.6) is 0 Å². The summed E-state index contributed by atoms with van der Waals surface area (Å²) in [6.45, 7) is 8.93. The number of nitrogens with zero attached hydrogens (tertiary/aromatic N) is 5. The molecule has 2 aliphatic rings. The van der Waals surface area contributed by atoms with Crippen LogP contribution >= 0.6 is 15.9 Å². The van der Waals surface area contributed by atoms with Crippen LogP contribution in [0.4, 0.5) is 16.3 Å². The van der Waals surface area contributed by atoms with Gasteiger partial charge in [0.2, 0.25) is 0 Å². The Labute approximate surface area is 238 Å². The second-order valence-electron chi connectivity index (χ2n) is 11.5. The Morgan fingerprint density at radius 3 is 2.23 bits per heavy atom. The van der Waals surface area contributed by atoms with Crippen molar-refractivity contribution in [2.24, 2.45) is 0 Å². The van der Waals surface area contributed by atoms with Crippen LogP contribution in [0.2, 0.25) is 0 Å². The molecule has 1 aliphatic heterocycles. The summed E-state index contributed by atoms with van der Waals surface area (Å²) in [4.78, 5) is 24.2. The van der Waals surface area contributed by atoms with E-state index in [2.05, 4.69) is 48.6 Å². The van der Waals surface area contributed by atoms with Crippen LogP contribution < -0.4 is 9.80 Å². The number of hydrogen-bond acceptors (Lipinski definition) is 7. The number of benzene rings is 1. The molecule has 210 valence electrons. The molecule has 0 radical (unpaired) electrons. The zero-order valence-corrected chi connectivity index (χ0v) is 25.5. The third kappa shape index (κ3) is 5.89. The molecule has 9 nitrogen and oxygen atoms in total. The number of carbonyl (C=O) groups excluding carboxylic acids is 1. The van der Waals surface area contributed by atoms with E-state index in [1.807, 2.05) is 40.0 Å². The zero-order valence-electron chi connectivity index (χ0n) is 23.1. The second kappa shape index (κ2) is 10.3. The van der Waals surface area contributed by atoms with Gasteiger partial charge in [0.25, 0.3) is 0 Å². The largest absolute Gasteiger partial charge is 0.444 e. The van der Waals surface area contributed by atoms with Gasteiger partial charge in [-0.3, -0.25) is 0 Å². The average Bonchev–Trinajstić information content (AvgIpc) is 3.17. The smallest absolute Gasteiger partial charge is 0.410 e. The number of aromatic nitrogens is 2. The summed E-state index contributed by atoms with van der Waals surface area (Å²) < 4.78 is 32.3. The maximum atomic E-state index is 12.5. The van der Waals surface area contributed by atoms with E-state index in [1.165, 1.54) is 6.26 Å². The molecule has 0 atom stereocenters. The molecule has 0 unspecified atom stereocenters. The van der Waals surface area contributed by atoms with Crippen LogP contribution in [0.15, 0.2) is 52.0 Å². The van der Waals surface area contributed by atoms with Crippen LogP contribution in [0.1, 0.15) is 39.7 Å². The topological polar surface area (TPSA) is 88.0 Å². The first kappa shape index (κ1) is 27.8. The highest BCUT2D eigenvalue weighted by molar-refractivity contribution is 9.10. The molecule has 0 bridgehead atoms. The lowest BCUT2D eigenvalue weighted by atomic mass is 9.85. The van der Waals surface area contributed by atoms with Crippen molar-refractivity contribution < 1.29 is 17.9 Å². The number of ether oxygens (including phenoxy) is 1. The molecule has 39 heavy (non-hydrogen) atoms. The Morgan fingerprint density at radius 1 is 1.03 bits per heavy atom. The molecule has 1 saturated carbocycles. The molecule has 11 heteroatoms. The van der Waals surface area contributed by atoms with Gasteiger partial charge in [0.05, 0.1) is 4.90 Å². The van der Waals surface area contributed by atoms with Gasteiger partial charge in [-0.15, -0.1) is 0 Å². The Hall–Kier alpha value is -2.79. The fourth-order valence-corrected chi connectivity index (χ4v) is 6.37. The van der Waals surface area contributed by atoms with E-state index in [9.17, 15) is 13.2 Å². The Morgan fingerprint density at radius 2 is 1.64 bits per heavy atom. The molecule has 1 aromatic carbocycles. The minimum absolute atomic E-state index is 0.142. The van der Waals surface area contributed by atoms with Crippen molar-refractivity contribution in [3.63, 3.8) is 0 Å². The molecule has 2 aromatic heterocycles. The summed E-state index contributed by atoms with van der Waals surface area (Å²) in [5.74, 6) is 0.947. The quantitative estimate of drug-likeness (QED) is 0.393. The first-order valence-electron chi connectivity index (χ1n) is 13.2. The van der Waals surface area contributed by atoms with E-state index in [0.29, 0.717) is 4.90 Å². The number of rotatable bonds is 5. The molecular formula is C28H36BrN5O4S. The number of hydrogen-bond donors (Lipinski definition) is 0. The summed E-state index contributed by atoms with van der Waals surface area (Å²) in [5, 5.41) is 1.08. The van der Waals surface area contributed by atoms with Gasteiger partial charge in [0.15, 0.2) is 9.84 Å². The van der Waals surface area contributed by atoms with Crippen molar-refractivity contribution in [2.45, 2.75) is 56.2 Å². The van der Waals surface area contributed by atoms with Crippen LogP contribution in [-0.2, 0) is 14.6 Å². The van der Waals surface area contributed by atoms with Crippen LogP contribution in [-0.4, -0.2) is 80.1 Å². The molecule has 1 aliphatic carbocycles. The highest BCUT2D eigenvalue weighted by Gasteiger charge is 2.37. The third-order valence-electron chi connectivity index (χ3n) is 7.56. The van der Waals surface area contributed by atoms with Crippen molar-refractivity contribution in [1.29, 1.82) is 0 Å². The zero-order chi connectivity index (χ0) is 28.1. The van der Waals surface area contributed by atoms with Gasteiger partial charge >= 0.3 is 6.09 Å². The summed E-state index contributed by atoms with van der Waals surface area (Å²) in [6.07, 6.45) is 4.76. The van der Waals surface area contributed by atoms with Gasteiger partial charge in [-0.2, -0.15) is 0 Å². The predicted molar refractivity (Wildman–Crippen MR) is 157 cm³/mol. The summed E-state index contributed by atoms with van der Waals surface area (Å²) in [6, 6.07) is 11.7. The number of halogens is 1. The maximum Gasteiger partial charge on any atom is 0.410 e. The third-order valence-corrected chi connectivity index (χ3v) is 9.32. The number of anilines is 2. The van der Waals surface area contributed by atoms with Crippen molar-refractivity contribution in [2.75, 3.05) is 49.3 Å². The van der Waals surface area contributed by atoms with Crippen molar-refractivity contribution in [3.05, 3.63) is 47.1 Å². The fraction of sp³-hybridized carbons (Fsp3) is 0.500. The summed E-state index contributed by atoms with van der Waals surface area (Å²) >= 11 is 3.71. The molecule has 1 amide bonds. The molecule has 0 spiro atoms. The SMILES string of the molecule is CN(C(=O)OC(C)(C)C)[C@H]1C[C@H](n2cc(Br)c3ccc(N4CCN(c5ccc(S(C)(=O)=O)cc5)CC4)nc32)C1. The lowest BCUT2D eigenvalue weighted by Gasteiger charge is -2.42. The van der Waals surface area contributed by atoms with E-state index in [0.717, 1.165) is 66.0 Å². The van der Waals surface area contributed by atoms with Gasteiger partial charge in [-0.1, -0.05) is 0 Å². The van der Waals surface area contributed by atoms with Crippen molar-refractivity contribution in [1.82, 2.24) is 14.5 Å². The number of carbonyl (C=O) groups is 1. The summed E-state index contributed by atoms with van der Waals surface area (Å²) in [7, 11) is -1.39. The first-order chi connectivity index (χ1) is 18.3. The first-order valence-corrected chi connectivity index (χ1v) is 15.9. The average molecular weight is 619 g/mol. The summed E-state index contributed by atoms with van der Waals surface area (Å²) in [5.41, 5.74) is 1.46. The number of fused-ring (bicyclic) bond motifs is 1.